The molecule has 3 N–H and O–H groups in total. The van der Waals surface area contributed by atoms with Crippen molar-refractivity contribution < 1.29 is 9.53 Å². The van der Waals surface area contributed by atoms with E-state index in [4.69, 9.17) is 22.1 Å². The highest BCUT2D eigenvalue weighted by atomic mass is 35.5. The van der Waals surface area contributed by atoms with Crippen LogP contribution in [0.25, 0.3) is 0 Å². The number of carbonyl (C=O) groups is 1. The molecule has 0 spiro atoms. The summed E-state index contributed by atoms with van der Waals surface area (Å²) in [6.45, 7) is 0. The fourth-order valence-electron chi connectivity index (χ4n) is 2.61. The van der Waals surface area contributed by atoms with Crippen molar-refractivity contribution in [1.82, 2.24) is 5.32 Å². The Morgan fingerprint density at radius 2 is 2.10 bits per heavy atom. The number of amides is 1. The third-order valence-electron chi connectivity index (χ3n) is 3.79. The van der Waals surface area contributed by atoms with Gasteiger partial charge in [0.15, 0.2) is 0 Å². The molecule has 1 amide bonds. The fraction of sp³-hybridized carbons (Fsp3) is 0.533. The summed E-state index contributed by atoms with van der Waals surface area (Å²) in [6, 6.07) is 5.07. The molecular formula is C15H21ClN2O2. The second kappa shape index (κ2) is 6.95. The first-order chi connectivity index (χ1) is 9.61. The number of hydrogen-bond donors (Lipinski definition) is 2. The van der Waals surface area contributed by atoms with Crippen LogP contribution < -0.4 is 15.8 Å². The van der Waals surface area contributed by atoms with E-state index in [1.165, 1.54) is 13.5 Å². The molecule has 0 radical (unpaired) electrons. The molecule has 110 valence electrons. The van der Waals surface area contributed by atoms with E-state index in [-0.39, 0.29) is 18.0 Å². The monoisotopic (exact) mass is 296 g/mol. The predicted molar refractivity (Wildman–Crippen MR) is 80.3 cm³/mol. The molecule has 2 atom stereocenters. The summed E-state index contributed by atoms with van der Waals surface area (Å²) < 4.78 is 5.21. The minimum absolute atomic E-state index is 0.0275. The highest BCUT2D eigenvalue weighted by Crippen LogP contribution is 2.24. The smallest absolute Gasteiger partial charge is 0.255 e. The molecule has 1 saturated carbocycles. The maximum atomic E-state index is 12.4. The van der Waals surface area contributed by atoms with Gasteiger partial charge in [-0.05, 0) is 31.0 Å². The Balaban J connectivity index is 2.11. The maximum absolute atomic E-state index is 12.4. The summed E-state index contributed by atoms with van der Waals surface area (Å²) in [5.74, 6) is 0.332. The molecule has 0 aliphatic heterocycles. The Bertz CT molecular complexity index is 479. The Hall–Kier alpha value is -1.26. The second-order valence-electron chi connectivity index (χ2n) is 5.23. The summed E-state index contributed by atoms with van der Waals surface area (Å²) in [6.07, 6.45) is 5.32. The van der Waals surface area contributed by atoms with Gasteiger partial charge >= 0.3 is 0 Å². The van der Waals surface area contributed by atoms with E-state index in [0.29, 0.717) is 16.3 Å². The van der Waals surface area contributed by atoms with Crippen molar-refractivity contribution in [1.29, 1.82) is 0 Å². The van der Waals surface area contributed by atoms with E-state index in [1.807, 2.05) is 0 Å². The number of carbonyl (C=O) groups excluding carboxylic acids is 1. The Kier molecular flexibility index (Phi) is 5.26. The van der Waals surface area contributed by atoms with Crippen molar-refractivity contribution in [3.05, 3.63) is 28.8 Å². The number of nitrogens with two attached hydrogens (primary N) is 1. The van der Waals surface area contributed by atoms with Crippen LogP contribution in [0.4, 0.5) is 0 Å². The minimum Gasteiger partial charge on any atom is -0.496 e. The third-order valence-corrected chi connectivity index (χ3v) is 4.03. The molecule has 5 heteroatoms. The van der Waals surface area contributed by atoms with E-state index < -0.39 is 0 Å². The molecule has 1 aliphatic rings. The van der Waals surface area contributed by atoms with Crippen LogP contribution in [0.2, 0.25) is 5.02 Å². The number of nitrogens with one attached hydrogen (secondary N) is 1. The highest BCUT2D eigenvalue weighted by molar-refractivity contribution is 6.30. The highest BCUT2D eigenvalue weighted by Gasteiger charge is 2.23. The summed E-state index contributed by atoms with van der Waals surface area (Å²) in [5.41, 5.74) is 6.63. The zero-order chi connectivity index (χ0) is 14.5. The first kappa shape index (κ1) is 15.1. The van der Waals surface area contributed by atoms with Gasteiger partial charge in [0.2, 0.25) is 0 Å². The molecule has 0 heterocycles. The fourth-order valence-corrected chi connectivity index (χ4v) is 2.78. The first-order valence-electron chi connectivity index (χ1n) is 7.02. The zero-order valence-corrected chi connectivity index (χ0v) is 12.5. The molecule has 20 heavy (non-hydrogen) atoms. The van der Waals surface area contributed by atoms with Gasteiger partial charge in [0.25, 0.3) is 5.91 Å². The minimum atomic E-state index is -0.152. The van der Waals surface area contributed by atoms with E-state index >= 15 is 0 Å². The van der Waals surface area contributed by atoms with Gasteiger partial charge in [-0.3, -0.25) is 4.79 Å². The number of halogens is 1. The quantitative estimate of drug-likeness (QED) is 0.843. The van der Waals surface area contributed by atoms with Gasteiger partial charge in [0.1, 0.15) is 5.75 Å². The predicted octanol–water partition coefficient (Wildman–Crippen LogP) is 2.74. The molecule has 1 aromatic rings. The van der Waals surface area contributed by atoms with Crippen molar-refractivity contribution >= 4 is 17.5 Å². The van der Waals surface area contributed by atoms with Gasteiger partial charge < -0.3 is 15.8 Å². The van der Waals surface area contributed by atoms with Crippen LogP contribution in [-0.4, -0.2) is 25.1 Å². The molecule has 1 aliphatic carbocycles. The van der Waals surface area contributed by atoms with Crippen molar-refractivity contribution in [2.45, 2.75) is 44.2 Å². The number of rotatable bonds is 3. The molecule has 2 unspecified atom stereocenters. The van der Waals surface area contributed by atoms with Crippen LogP contribution in [0.15, 0.2) is 18.2 Å². The second-order valence-corrected chi connectivity index (χ2v) is 5.66. The van der Waals surface area contributed by atoms with E-state index in [0.717, 1.165) is 25.7 Å². The number of methoxy groups -OCH3 is 1. The molecule has 2 rings (SSSR count). The van der Waals surface area contributed by atoms with Crippen molar-refractivity contribution in [3.63, 3.8) is 0 Å². The lowest BCUT2D eigenvalue weighted by Gasteiger charge is -2.23. The summed E-state index contributed by atoms with van der Waals surface area (Å²) in [7, 11) is 1.53. The number of benzene rings is 1. The van der Waals surface area contributed by atoms with Gasteiger partial charge in [0.05, 0.1) is 12.7 Å². The average molecular weight is 297 g/mol. The third kappa shape index (κ3) is 3.64. The van der Waals surface area contributed by atoms with E-state index in [1.54, 1.807) is 18.2 Å². The van der Waals surface area contributed by atoms with Crippen LogP contribution in [0, 0.1) is 0 Å². The van der Waals surface area contributed by atoms with Crippen molar-refractivity contribution in [2.24, 2.45) is 5.73 Å². The Morgan fingerprint density at radius 1 is 1.35 bits per heavy atom. The lowest BCUT2D eigenvalue weighted by Crippen LogP contribution is -2.47. The van der Waals surface area contributed by atoms with Gasteiger partial charge in [-0.2, -0.15) is 0 Å². The Labute approximate surface area is 124 Å². The summed E-state index contributed by atoms with van der Waals surface area (Å²) in [4.78, 5) is 12.4. The largest absolute Gasteiger partial charge is 0.496 e. The average Bonchev–Trinajstić information content (AvgIpc) is 2.64. The molecular weight excluding hydrogens is 276 g/mol. The number of hydrogen-bond acceptors (Lipinski definition) is 3. The molecule has 1 fully saturated rings. The summed E-state index contributed by atoms with van der Waals surface area (Å²) >= 11 is 5.91. The topological polar surface area (TPSA) is 64.3 Å². The van der Waals surface area contributed by atoms with Crippen molar-refractivity contribution in [3.8, 4) is 5.75 Å². The van der Waals surface area contributed by atoms with Crippen molar-refractivity contribution in [2.75, 3.05) is 7.11 Å². The lowest BCUT2D eigenvalue weighted by atomic mass is 10.0. The van der Waals surface area contributed by atoms with Crippen LogP contribution in [0.1, 0.15) is 42.5 Å². The number of ether oxygens (including phenoxy) is 1. The standard InChI is InChI=1S/C15H21ClN2O2/c1-20-14-9-10(16)7-8-11(14)15(19)18-13-6-4-2-3-5-12(13)17/h7-9,12-13H,2-6,17H2,1H3,(H,18,19). The normalized spacial score (nSPS) is 22.9. The van der Waals surface area contributed by atoms with Crippen LogP contribution in [0.5, 0.6) is 5.75 Å². The molecule has 0 aromatic heterocycles. The van der Waals surface area contributed by atoms with E-state index in [9.17, 15) is 4.79 Å². The van der Waals surface area contributed by atoms with Gasteiger partial charge in [-0.1, -0.05) is 30.9 Å². The molecule has 0 bridgehead atoms. The lowest BCUT2D eigenvalue weighted by molar-refractivity contribution is 0.0926. The van der Waals surface area contributed by atoms with Gasteiger partial charge in [-0.25, -0.2) is 0 Å². The van der Waals surface area contributed by atoms with Crippen LogP contribution in [0.3, 0.4) is 0 Å². The first-order valence-corrected chi connectivity index (χ1v) is 7.39. The van der Waals surface area contributed by atoms with Gasteiger partial charge in [-0.15, -0.1) is 0 Å². The molecule has 4 nitrogen and oxygen atoms in total. The summed E-state index contributed by atoms with van der Waals surface area (Å²) in [5, 5.41) is 3.58. The Morgan fingerprint density at radius 3 is 2.85 bits per heavy atom. The van der Waals surface area contributed by atoms with Gasteiger partial charge in [0, 0.05) is 17.1 Å². The SMILES string of the molecule is COc1cc(Cl)ccc1C(=O)NC1CCCCCC1N. The van der Waals surface area contributed by atoms with Crippen LogP contribution >= 0.6 is 11.6 Å². The van der Waals surface area contributed by atoms with Crippen LogP contribution in [-0.2, 0) is 0 Å². The maximum Gasteiger partial charge on any atom is 0.255 e. The molecule has 0 saturated heterocycles. The zero-order valence-electron chi connectivity index (χ0n) is 11.7. The van der Waals surface area contributed by atoms with E-state index in [2.05, 4.69) is 5.32 Å². The molecule has 1 aromatic carbocycles.